The Kier molecular flexibility index (Phi) is 3.99. The zero-order valence-electron chi connectivity index (χ0n) is 11.7. The van der Waals surface area contributed by atoms with E-state index in [-0.39, 0.29) is 0 Å². The van der Waals surface area contributed by atoms with Crippen molar-refractivity contribution >= 4 is 38.3 Å². The van der Waals surface area contributed by atoms with Crippen LogP contribution in [0, 0.1) is 0 Å². The monoisotopic (exact) mass is 331 g/mol. The molecule has 0 aromatic heterocycles. The van der Waals surface area contributed by atoms with E-state index in [9.17, 15) is 9.26 Å². The van der Waals surface area contributed by atoms with Crippen LogP contribution >= 0.6 is 11.8 Å². The minimum absolute atomic E-state index is 0.630. The summed E-state index contributed by atoms with van der Waals surface area (Å²) in [5.74, 6) is -1.33. The van der Waals surface area contributed by atoms with Crippen molar-refractivity contribution in [3.8, 4) is 0 Å². The second-order valence-electron chi connectivity index (χ2n) is 4.85. The van der Waals surface area contributed by atoms with Crippen molar-refractivity contribution in [2.75, 3.05) is 5.32 Å². The van der Waals surface area contributed by atoms with Crippen molar-refractivity contribution in [1.82, 2.24) is 0 Å². The van der Waals surface area contributed by atoms with Crippen LogP contribution in [0.25, 0.3) is 0 Å². The molecule has 7 heteroatoms. The molecule has 0 spiro atoms. The Balaban J connectivity index is 1.96. The van der Waals surface area contributed by atoms with Gasteiger partial charge in [0.1, 0.15) is 0 Å². The molecule has 0 aliphatic carbocycles. The van der Waals surface area contributed by atoms with Crippen LogP contribution in [0.5, 0.6) is 0 Å². The Bertz CT molecular complexity index is 765. The van der Waals surface area contributed by atoms with Gasteiger partial charge in [-0.15, -0.1) is 0 Å². The third-order valence-electron chi connectivity index (χ3n) is 3.43. The first kappa shape index (κ1) is 14.8. The average Bonchev–Trinajstić information content (AvgIpc) is 2.51. The molecule has 0 fully saturated rings. The summed E-state index contributed by atoms with van der Waals surface area (Å²) in [7, 11) is -3.28. The van der Waals surface area contributed by atoms with E-state index in [0.717, 1.165) is 26.7 Å². The van der Waals surface area contributed by atoms with Gasteiger partial charge in [-0.1, -0.05) is 36.0 Å². The molecule has 0 amide bonds. The Morgan fingerprint density at radius 1 is 1.23 bits per heavy atom. The number of hydrogen-bond acceptors (Lipinski definition) is 5. The standard InChI is InChI=1S/C15H13NO4SSi/c1-9(15(17)20-22(18)19)10-5-4-8-13-14(10)16-11-6-2-3-7-12(11)21-13/h2-9,16,18H,1H3. The Morgan fingerprint density at radius 2 is 1.95 bits per heavy atom. The lowest BCUT2D eigenvalue weighted by Gasteiger charge is -2.24. The first-order valence-corrected chi connectivity index (χ1v) is 8.75. The molecule has 2 aromatic rings. The maximum Gasteiger partial charge on any atom is 0.772 e. The van der Waals surface area contributed by atoms with Crippen molar-refractivity contribution in [2.24, 2.45) is 0 Å². The number of hydrogen-bond donors (Lipinski definition) is 2. The molecule has 0 bridgehead atoms. The fourth-order valence-electron chi connectivity index (χ4n) is 2.34. The fourth-order valence-corrected chi connectivity index (χ4v) is 3.72. The number of nitrogens with one attached hydrogen (secondary N) is 1. The van der Waals surface area contributed by atoms with Crippen LogP contribution < -0.4 is 5.32 Å². The van der Waals surface area contributed by atoms with Gasteiger partial charge in [-0.05, 0) is 30.7 Å². The second-order valence-corrected chi connectivity index (χ2v) is 6.67. The summed E-state index contributed by atoms with van der Waals surface area (Å²) in [6, 6.07) is 13.6. The Hall–Kier alpha value is -2.12. The van der Waals surface area contributed by atoms with E-state index < -0.39 is 21.1 Å². The van der Waals surface area contributed by atoms with Gasteiger partial charge < -0.3 is 14.5 Å². The summed E-state index contributed by atoms with van der Waals surface area (Å²) in [4.78, 5) is 22.8. The number of benzene rings is 2. The molecule has 0 saturated carbocycles. The molecule has 1 heterocycles. The number of fused-ring (bicyclic) bond motifs is 2. The van der Waals surface area contributed by atoms with E-state index in [1.807, 2.05) is 42.5 Å². The van der Waals surface area contributed by atoms with Gasteiger partial charge in [0.2, 0.25) is 0 Å². The summed E-state index contributed by atoms with van der Waals surface area (Å²) >= 11 is 1.62. The first-order valence-electron chi connectivity index (χ1n) is 6.67. The SMILES string of the molecule is CC(C(=O)O[Si](=O)O)c1cccc2c1Nc1ccccc1S2. The third-order valence-corrected chi connectivity index (χ3v) is 4.94. The molecule has 112 valence electrons. The van der Waals surface area contributed by atoms with Crippen LogP contribution in [0.1, 0.15) is 18.4 Å². The molecule has 2 aromatic carbocycles. The van der Waals surface area contributed by atoms with Crippen LogP contribution in [0.2, 0.25) is 0 Å². The molecule has 2 N–H and O–H groups in total. The average molecular weight is 331 g/mol. The predicted molar refractivity (Wildman–Crippen MR) is 83.5 cm³/mol. The molecule has 1 unspecified atom stereocenters. The lowest BCUT2D eigenvalue weighted by molar-refractivity contribution is -0.137. The van der Waals surface area contributed by atoms with Gasteiger partial charge in [-0.25, -0.2) is 0 Å². The molecule has 3 rings (SSSR count). The zero-order valence-corrected chi connectivity index (χ0v) is 13.5. The highest BCUT2D eigenvalue weighted by molar-refractivity contribution is 7.99. The maximum atomic E-state index is 11.9. The largest absolute Gasteiger partial charge is 0.772 e. The van der Waals surface area contributed by atoms with Crippen molar-refractivity contribution in [3.05, 3.63) is 48.0 Å². The summed E-state index contributed by atoms with van der Waals surface area (Å²) < 4.78 is 15.2. The van der Waals surface area contributed by atoms with Gasteiger partial charge in [0, 0.05) is 9.79 Å². The number of para-hydroxylation sites is 2. The van der Waals surface area contributed by atoms with Gasteiger partial charge in [0.05, 0.1) is 17.3 Å². The van der Waals surface area contributed by atoms with E-state index >= 15 is 0 Å². The number of anilines is 2. The lowest BCUT2D eigenvalue weighted by Crippen LogP contribution is -2.20. The zero-order chi connectivity index (χ0) is 15.7. The van der Waals surface area contributed by atoms with Crippen molar-refractivity contribution in [1.29, 1.82) is 0 Å². The number of rotatable bonds is 3. The topological polar surface area (TPSA) is 75.6 Å². The van der Waals surface area contributed by atoms with E-state index in [4.69, 9.17) is 4.80 Å². The van der Waals surface area contributed by atoms with Crippen LogP contribution in [0.15, 0.2) is 52.3 Å². The van der Waals surface area contributed by atoms with Crippen molar-refractivity contribution in [2.45, 2.75) is 22.6 Å². The minimum atomic E-state index is -3.28. The van der Waals surface area contributed by atoms with Gasteiger partial charge in [0.25, 0.3) is 0 Å². The molecule has 1 aliphatic rings. The van der Waals surface area contributed by atoms with E-state index in [2.05, 4.69) is 9.74 Å². The third kappa shape index (κ3) is 2.77. The fraction of sp³-hybridized carbons (Fsp3) is 0.133. The maximum absolute atomic E-state index is 11.9. The van der Waals surface area contributed by atoms with Gasteiger partial charge in [-0.3, -0.25) is 9.26 Å². The molecule has 0 radical (unpaired) electrons. The smallest absolute Gasteiger partial charge is 0.511 e. The Morgan fingerprint density at radius 3 is 2.73 bits per heavy atom. The number of carbonyl (C=O) groups is 1. The Labute approximate surface area is 133 Å². The molecular weight excluding hydrogens is 318 g/mol. The summed E-state index contributed by atoms with van der Waals surface area (Å²) in [5.41, 5.74) is 2.56. The van der Waals surface area contributed by atoms with E-state index in [1.165, 1.54) is 0 Å². The lowest BCUT2D eigenvalue weighted by atomic mass is 9.99. The van der Waals surface area contributed by atoms with Crippen LogP contribution in [-0.2, 0) is 13.7 Å². The quantitative estimate of drug-likeness (QED) is 0.719. The molecule has 1 aliphatic heterocycles. The van der Waals surface area contributed by atoms with E-state index in [1.54, 1.807) is 18.7 Å². The number of carbonyl (C=O) groups excluding carboxylic acids is 1. The first-order chi connectivity index (χ1) is 10.6. The van der Waals surface area contributed by atoms with Crippen LogP contribution in [0.3, 0.4) is 0 Å². The summed E-state index contributed by atoms with van der Waals surface area (Å²) in [5, 5.41) is 3.34. The van der Waals surface area contributed by atoms with Gasteiger partial charge >= 0.3 is 15.1 Å². The molecule has 22 heavy (non-hydrogen) atoms. The van der Waals surface area contributed by atoms with Crippen LogP contribution in [-0.4, -0.2) is 19.9 Å². The van der Waals surface area contributed by atoms with Gasteiger partial charge in [0.15, 0.2) is 0 Å². The van der Waals surface area contributed by atoms with E-state index in [0.29, 0.717) is 0 Å². The van der Waals surface area contributed by atoms with Gasteiger partial charge in [-0.2, -0.15) is 0 Å². The second kappa shape index (κ2) is 5.94. The van der Waals surface area contributed by atoms with Crippen LogP contribution in [0.4, 0.5) is 11.4 Å². The van der Waals surface area contributed by atoms with Crippen molar-refractivity contribution in [3.63, 3.8) is 0 Å². The molecular formula is C15H13NO4SSi. The normalized spacial score (nSPS) is 13.3. The summed E-state index contributed by atoms with van der Waals surface area (Å²) in [6.07, 6.45) is 0. The molecule has 5 nitrogen and oxygen atoms in total. The van der Waals surface area contributed by atoms with Crippen molar-refractivity contribution < 1.29 is 18.5 Å². The molecule has 1 atom stereocenters. The predicted octanol–water partition coefficient (Wildman–Crippen LogP) is 2.95. The minimum Gasteiger partial charge on any atom is -0.511 e. The highest BCUT2D eigenvalue weighted by Gasteiger charge is 2.26. The summed E-state index contributed by atoms with van der Waals surface area (Å²) in [6.45, 7) is 1.66. The highest BCUT2D eigenvalue weighted by atomic mass is 32.2. The molecule has 0 saturated heterocycles. The highest BCUT2D eigenvalue weighted by Crippen LogP contribution is 2.46.